The highest BCUT2D eigenvalue weighted by atomic mass is 16.2. The van der Waals surface area contributed by atoms with Gasteiger partial charge in [0.05, 0.1) is 11.1 Å². The van der Waals surface area contributed by atoms with E-state index < -0.39 is 0 Å². The summed E-state index contributed by atoms with van der Waals surface area (Å²) in [6.45, 7) is 10.4. The van der Waals surface area contributed by atoms with Crippen molar-refractivity contribution in [3.63, 3.8) is 0 Å². The number of hydrogen-bond acceptors (Lipinski definition) is 5. The number of hydrogen-bond donors (Lipinski definition) is 2. The average Bonchev–Trinajstić information content (AvgIpc) is 3.16. The normalized spacial score (nSPS) is 13.7. The Labute approximate surface area is 215 Å². The van der Waals surface area contributed by atoms with Crippen molar-refractivity contribution < 1.29 is 14.4 Å². The lowest BCUT2D eigenvalue weighted by molar-refractivity contribution is 0.0568. The molecule has 2 aromatic rings. The predicted molar refractivity (Wildman–Crippen MR) is 145 cm³/mol. The molecule has 1 heterocycles. The van der Waals surface area contributed by atoms with Crippen LogP contribution in [0, 0.1) is 0 Å². The summed E-state index contributed by atoms with van der Waals surface area (Å²) in [4.78, 5) is 42.2. The maximum atomic E-state index is 13.0. The van der Waals surface area contributed by atoms with Gasteiger partial charge in [0.1, 0.15) is 0 Å². The van der Waals surface area contributed by atoms with Crippen molar-refractivity contribution in [2.75, 3.05) is 38.0 Å². The highest BCUT2D eigenvalue weighted by molar-refractivity contribution is 6.21. The van der Waals surface area contributed by atoms with Gasteiger partial charge in [-0.3, -0.25) is 19.3 Å². The Morgan fingerprint density at radius 1 is 0.861 bits per heavy atom. The number of amides is 3. The zero-order valence-corrected chi connectivity index (χ0v) is 21.9. The van der Waals surface area contributed by atoms with E-state index >= 15 is 0 Å². The van der Waals surface area contributed by atoms with Crippen LogP contribution in [-0.2, 0) is 0 Å². The van der Waals surface area contributed by atoms with Crippen LogP contribution in [0.25, 0.3) is 0 Å². The van der Waals surface area contributed by atoms with Gasteiger partial charge in [-0.25, -0.2) is 0 Å². The Morgan fingerprint density at radius 2 is 1.50 bits per heavy atom. The third-order valence-corrected chi connectivity index (χ3v) is 6.89. The van der Waals surface area contributed by atoms with Crippen molar-refractivity contribution >= 4 is 23.4 Å². The summed E-state index contributed by atoms with van der Waals surface area (Å²) in [5.74, 6) is -0.447. The molecule has 0 aromatic heterocycles. The molecule has 2 N–H and O–H groups in total. The predicted octanol–water partition coefficient (Wildman–Crippen LogP) is 4.81. The second-order valence-electron chi connectivity index (χ2n) is 9.25. The largest absolute Gasteiger partial charge is 0.385 e. The van der Waals surface area contributed by atoms with Crippen LogP contribution in [0.4, 0.5) is 5.69 Å². The first-order chi connectivity index (χ1) is 17.5. The molecule has 2 aromatic carbocycles. The van der Waals surface area contributed by atoms with Gasteiger partial charge in [-0.1, -0.05) is 52.2 Å². The first-order valence-corrected chi connectivity index (χ1v) is 13.3. The molecule has 0 spiro atoms. The zero-order valence-electron chi connectivity index (χ0n) is 21.9. The molecule has 0 aliphatic carbocycles. The fourth-order valence-corrected chi connectivity index (χ4v) is 4.66. The molecule has 1 aliphatic heterocycles. The van der Waals surface area contributed by atoms with Gasteiger partial charge in [-0.05, 0) is 62.3 Å². The van der Waals surface area contributed by atoms with Gasteiger partial charge in [-0.2, -0.15) is 0 Å². The summed E-state index contributed by atoms with van der Waals surface area (Å²) in [7, 11) is 0. The van der Waals surface area contributed by atoms with E-state index in [0.29, 0.717) is 36.2 Å². The highest BCUT2D eigenvalue weighted by Crippen LogP contribution is 2.27. The smallest absolute Gasteiger partial charge is 0.261 e. The number of carbonyl (C=O) groups excluding carboxylic acids is 3. The number of anilines is 1. The van der Waals surface area contributed by atoms with Gasteiger partial charge in [-0.15, -0.1) is 0 Å². The van der Waals surface area contributed by atoms with Crippen LogP contribution >= 0.6 is 0 Å². The third-order valence-electron chi connectivity index (χ3n) is 6.89. The van der Waals surface area contributed by atoms with E-state index in [0.717, 1.165) is 51.0 Å². The lowest BCUT2D eigenvalue weighted by Crippen LogP contribution is -2.41. The Bertz CT molecular complexity index is 982. The van der Waals surface area contributed by atoms with Crippen molar-refractivity contribution in [1.29, 1.82) is 0 Å². The SMILES string of the molecule is CCCCCC(CCNc1ccc(C(=O)NCCN(CC)CC)cc1)N1C(=O)c2ccccc2C1=O. The molecule has 0 radical (unpaired) electrons. The van der Waals surface area contributed by atoms with Crippen LogP contribution in [0.5, 0.6) is 0 Å². The molecule has 1 atom stereocenters. The molecule has 36 heavy (non-hydrogen) atoms. The fourth-order valence-electron chi connectivity index (χ4n) is 4.66. The van der Waals surface area contributed by atoms with E-state index in [2.05, 4.69) is 36.3 Å². The lowest BCUT2D eigenvalue weighted by atomic mass is 10.0. The van der Waals surface area contributed by atoms with Gasteiger partial charge >= 0.3 is 0 Å². The summed E-state index contributed by atoms with van der Waals surface area (Å²) in [5, 5.41) is 6.37. The van der Waals surface area contributed by atoms with Crippen LogP contribution < -0.4 is 10.6 Å². The van der Waals surface area contributed by atoms with Gasteiger partial charge in [0.25, 0.3) is 17.7 Å². The molecule has 0 saturated heterocycles. The number of nitrogens with one attached hydrogen (secondary N) is 2. The molecule has 194 valence electrons. The molecule has 7 heteroatoms. The zero-order chi connectivity index (χ0) is 25.9. The molecule has 0 bridgehead atoms. The fraction of sp³-hybridized carbons (Fsp3) is 0.483. The number of benzene rings is 2. The van der Waals surface area contributed by atoms with Crippen LogP contribution in [0.1, 0.15) is 83.9 Å². The molecule has 3 rings (SSSR count). The molecule has 0 saturated carbocycles. The second-order valence-corrected chi connectivity index (χ2v) is 9.25. The van der Waals surface area contributed by atoms with Crippen LogP contribution in [0.2, 0.25) is 0 Å². The third kappa shape index (κ3) is 6.94. The molecule has 1 aliphatic rings. The summed E-state index contributed by atoms with van der Waals surface area (Å²) in [6, 6.07) is 14.4. The molecule has 1 unspecified atom stereocenters. The Balaban J connectivity index is 1.54. The van der Waals surface area contributed by atoms with E-state index in [1.807, 2.05) is 24.3 Å². The maximum absolute atomic E-state index is 13.0. The number of carbonyl (C=O) groups is 3. The van der Waals surface area contributed by atoms with Crippen molar-refractivity contribution in [1.82, 2.24) is 15.1 Å². The van der Waals surface area contributed by atoms with Crippen LogP contribution in [-0.4, -0.2) is 66.3 Å². The number of unbranched alkanes of at least 4 members (excludes halogenated alkanes) is 2. The number of imide groups is 1. The Morgan fingerprint density at radius 3 is 2.08 bits per heavy atom. The van der Waals surface area contributed by atoms with E-state index in [-0.39, 0.29) is 23.8 Å². The molecule has 0 fully saturated rings. The topological polar surface area (TPSA) is 81.8 Å². The van der Waals surface area contributed by atoms with Gasteiger partial charge in [0, 0.05) is 36.9 Å². The average molecular weight is 493 g/mol. The Kier molecular flexibility index (Phi) is 10.5. The minimum atomic E-state index is -0.187. The van der Waals surface area contributed by atoms with Gasteiger partial charge < -0.3 is 15.5 Å². The summed E-state index contributed by atoms with van der Waals surface area (Å²) < 4.78 is 0. The number of nitrogens with zero attached hydrogens (tertiary/aromatic N) is 2. The highest BCUT2D eigenvalue weighted by Gasteiger charge is 2.39. The summed E-state index contributed by atoms with van der Waals surface area (Å²) >= 11 is 0. The summed E-state index contributed by atoms with van der Waals surface area (Å²) in [5.41, 5.74) is 2.54. The monoisotopic (exact) mass is 492 g/mol. The second kappa shape index (κ2) is 13.8. The van der Waals surface area contributed by atoms with Crippen molar-refractivity contribution in [3.05, 3.63) is 65.2 Å². The van der Waals surface area contributed by atoms with E-state index in [1.54, 1.807) is 24.3 Å². The van der Waals surface area contributed by atoms with E-state index in [9.17, 15) is 14.4 Å². The molecular formula is C29H40N4O3. The van der Waals surface area contributed by atoms with Crippen LogP contribution in [0.3, 0.4) is 0 Å². The first kappa shape index (κ1) is 27.4. The summed E-state index contributed by atoms with van der Waals surface area (Å²) in [6.07, 6.45) is 4.61. The number of fused-ring (bicyclic) bond motifs is 1. The van der Waals surface area contributed by atoms with Crippen LogP contribution in [0.15, 0.2) is 48.5 Å². The standard InChI is InChI=1S/C29H40N4O3/c1-4-7-8-11-24(33-28(35)25-12-9-10-13-26(25)29(33)36)18-19-30-23-16-14-22(15-17-23)27(34)31-20-21-32(5-2)6-3/h9-10,12-17,24,30H,4-8,11,18-21H2,1-3H3,(H,31,34). The minimum absolute atomic E-state index is 0.0738. The van der Waals surface area contributed by atoms with Gasteiger partial charge in [0.15, 0.2) is 0 Å². The van der Waals surface area contributed by atoms with Crippen molar-refractivity contribution in [2.45, 2.75) is 58.9 Å². The first-order valence-electron chi connectivity index (χ1n) is 13.3. The Hall–Kier alpha value is -3.19. The van der Waals surface area contributed by atoms with Gasteiger partial charge in [0.2, 0.25) is 0 Å². The minimum Gasteiger partial charge on any atom is -0.385 e. The maximum Gasteiger partial charge on any atom is 0.261 e. The molecular weight excluding hydrogens is 452 g/mol. The quantitative estimate of drug-likeness (QED) is 0.276. The number of likely N-dealkylation sites (N-methyl/N-ethyl adjacent to an activating group) is 1. The molecule has 7 nitrogen and oxygen atoms in total. The van der Waals surface area contributed by atoms with Crippen molar-refractivity contribution in [3.8, 4) is 0 Å². The lowest BCUT2D eigenvalue weighted by Gasteiger charge is -2.26. The molecule has 3 amide bonds. The number of rotatable bonds is 15. The van der Waals surface area contributed by atoms with Crippen molar-refractivity contribution in [2.24, 2.45) is 0 Å². The van der Waals surface area contributed by atoms with E-state index in [4.69, 9.17) is 0 Å². The van der Waals surface area contributed by atoms with E-state index in [1.165, 1.54) is 4.90 Å².